The lowest BCUT2D eigenvalue weighted by Gasteiger charge is -2.37. The molecule has 9 nitrogen and oxygen atoms in total. The summed E-state index contributed by atoms with van der Waals surface area (Å²) in [5.41, 5.74) is 0.682. The molecule has 0 amide bonds. The van der Waals surface area contributed by atoms with Gasteiger partial charge in [0.05, 0.1) is 0 Å². The van der Waals surface area contributed by atoms with Crippen LogP contribution in [-0.4, -0.2) is 62.6 Å². The Bertz CT molecular complexity index is 1180. The van der Waals surface area contributed by atoms with Crippen LogP contribution < -0.4 is 15.0 Å². The van der Waals surface area contributed by atoms with Gasteiger partial charge in [-0.15, -0.1) is 5.10 Å². The Labute approximate surface area is 190 Å². The molecule has 0 spiro atoms. The third kappa shape index (κ3) is 3.98. The highest BCUT2D eigenvalue weighted by Crippen LogP contribution is 2.40. The van der Waals surface area contributed by atoms with Crippen LogP contribution in [0.25, 0.3) is 5.65 Å². The van der Waals surface area contributed by atoms with Crippen molar-refractivity contribution in [1.82, 2.24) is 24.7 Å². The fourth-order valence-electron chi connectivity index (χ4n) is 4.66. The van der Waals surface area contributed by atoms with Crippen LogP contribution in [0.3, 0.4) is 0 Å². The monoisotopic (exact) mass is 487 g/mol. The summed E-state index contributed by atoms with van der Waals surface area (Å²) >= 11 is 0. The molecule has 2 fully saturated rings. The van der Waals surface area contributed by atoms with E-state index < -0.39 is 18.7 Å². The maximum atomic E-state index is 13.3. The second-order valence-electron chi connectivity index (χ2n) is 8.80. The molecule has 1 saturated carbocycles. The molecule has 34 heavy (non-hydrogen) atoms. The van der Waals surface area contributed by atoms with Crippen molar-refractivity contribution in [3.05, 3.63) is 23.7 Å². The Hall–Kier alpha value is -3.19. The van der Waals surface area contributed by atoms with Gasteiger partial charge in [-0.05, 0) is 50.7 Å². The van der Waals surface area contributed by atoms with Crippen molar-refractivity contribution in [3.63, 3.8) is 0 Å². The van der Waals surface area contributed by atoms with E-state index in [4.69, 9.17) is 9.26 Å². The van der Waals surface area contributed by atoms with Gasteiger partial charge >= 0.3 is 18.1 Å². The van der Waals surface area contributed by atoms with Crippen LogP contribution in [0.5, 0.6) is 5.75 Å². The molecule has 1 N–H and O–H groups in total. The first kappa shape index (κ1) is 22.6. The lowest BCUT2D eigenvalue weighted by molar-refractivity contribution is -0.289. The molecular formula is C20H22F5N7O2. The fraction of sp³-hybridized carbons (Fsp3) is 0.600. The van der Waals surface area contributed by atoms with E-state index in [1.807, 2.05) is 0 Å². The zero-order valence-electron chi connectivity index (χ0n) is 18.3. The fourth-order valence-corrected chi connectivity index (χ4v) is 4.66. The van der Waals surface area contributed by atoms with Crippen LogP contribution in [-0.2, 0) is 0 Å². The molecular weight excluding hydrogens is 465 g/mol. The predicted octanol–water partition coefficient (Wildman–Crippen LogP) is 3.63. The van der Waals surface area contributed by atoms with Crippen LogP contribution in [0.2, 0.25) is 0 Å². The number of aromatic nitrogens is 5. The van der Waals surface area contributed by atoms with E-state index in [0.29, 0.717) is 30.6 Å². The van der Waals surface area contributed by atoms with Gasteiger partial charge in [0.15, 0.2) is 23.8 Å². The van der Waals surface area contributed by atoms with Gasteiger partial charge in [-0.3, -0.25) is 0 Å². The molecule has 3 aromatic rings. The zero-order valence-corrected chi connectivity index (χ0v) is 18.3. The van der Waals surface area contributed by atoms with E-state index in [-0.39, 0.29) is 35.2 Å². The standard InChI is InChI=1S/C20H22F5N7O2/c1-10-3-6-14(33-9-19(21,22)20(23,24)25)16-28-17(29-32(10)16)27-15-12-4-5-13(15)8-31(7-12)18-26-11(2)30-34-18/h3,6,12-13,15H,4-5,7-9H2,1-2H3,(H,27,29)/t12-,13+,15-. The topological polar surface area (TPSA) is 93.6 Å². The highest BCUT2D eigenvalue weighted by molar-refractivity contribution is 5.57. The molecule has 3 aromatic heterocycles. The van der Waals surface area contributed by atoms with E-state index in [0.717, 1.165) is 12.8 Å². The molecule has 0 radical (unpaired) electrons. The number of alkyl halides is 5. The molecule has 2 aliphatic rings. The van der Waals surface area contributed by atoms with Crippen molar-refractivity contribution in [2.24, 2.45) is 11.8 Å². The minimum Gasteiger partial charge on any atom is -0.483 e. The molecule has 1 aliphatic heterocycles. The number of hydrogen-bond acceptors (Lipinski definition) is 8. The van der Waals surface area contributed by atoms with Crippen LogP contribution in [0.1, 0.15) is 24.4 Å². The SMILES string of the molecule is Cc1noc(N2C[C@H]3CC[C@@H](C2)[C@@H]3Nc2nc3c(OCC(F)(F)C(F)(F)F)ccc(C)n3n2)n1. The van der Waals surface area contributed by atoms with Gasteiger partial charge in [0.25, 0.3) is 0 Å². The molecule has 4 heterocycles. The molecule has 1 saturated heterocycles. The molecule has 14 heteroatoms. The summed E-state index contributed by atoms with van der Waals surface area (Å²) in [6, 6.07) is 3.38. The summed E-state index contributed by atoms with van der Waals surface area (Å²) < 4.78 is 75.7. The van der Waals surface area contributed by atoms with Crippen molar-refractivity contribution in [1.29, 1.82) is 0 Å². The maximum Gasteiger partial charge on any atom is 0.456 e. The van der Waals surface area contributed by atoms with E-state index >= 15 is 0 Å². The number of aryl methyl sites for hydroxylation is 2. The average Bonchev–Trinajstić information content (AvgIpc) is 3.44. The van der Waals surface area contributed by atoms with Gasteiger partial charge in [-0.25, -0.2) is 4.52 Å². The Balaban J connectivity index is 1.33. The van der Waals surface area contributed by atoms with Gasteiger partial charge in [0, 0.05) is 24.8 Å². The first-order chi connectivity index (χ1) is 16.0. The number of rotatable bonds is 6. The summed E-state index contributed by atoms with van der Waals surface area (Å²) in [6.45, 7) is 3.05. The van der Waals surface area contributed by atoms with Crippen LogP contribution in [0.15, 0.2) is 16.7 Å². The number of ether oxygens (including phenoxy) is 1. The van der Waals surface area contributed by atoms with Crippen LogP contribution in [0, 0.1) is 25.7 Å². The molecule has 5 rings (SSSR count). The predicted molar refractivity (Wildman–Crippen MR) is 109 cm³/mol. The van der Waals surface area contributed by atoms with Crippen LogP contribution >= 0.6 is 0 Å². The minimum absolute atomic E-state index is 0.0617. The van der Waals surface area contributed by atoms with E-state index in [2.05, 4.69) is 30.4 Å². The number of pyridine rings is 1. The Morgan fingerprint density at radius 2 is 1.79 bits per heavy atom. The minimum atomic E-state index is -5.71. The van der Waals surface area contributed by atoms with Gasteiger partial charge in [0.1, 0.15) is 0 Å². The number of anilines is 2. The van der Waals surface area contributed by atoms with Crippen molar-refractivity contribution < 1.29 is 31.2 Å². The molecule has 2 bridgehead atoms. The van der Waals surface area contributed by atoms with E-state index in [1.165, 1.54) is 16.6 Å². The number of hydrogen-bond donors (Lipinski definition) is 1. The molecule has 0 unspecified atom stereocenters. The maximum absolute atomic E-state index is 13.3. The molecule has 3 atom stereocenters. The first-order valence-electron chi connectivity index (χ1n) is 10.8. The lowest BCUT2D eigenvalue weighted by atomic mass is 9.92. The third-order valence-electron chi connectivity index (χ3n) is 6.38. The number of nitrogens with zero attached hydrogens (tertiary/aromatic N) is 6. The van der Waals surface area contributed by atoms with Crippen LogP contribution in [0.4, 0.5) is 33.9 Å². The Kier molecular flexibility index (Phi) is 5.28. The summed E-state index contributed by atoms with van der Waals surface area (Å²) in [5, 5.41) is 11.6. The van der Waals surface area contributed by atoms with E-state index in [1.54, 1.807) is 13.8 Å². The largest absolute Gasteiger partial charge is 0.483 e. The number of nitrogens with one attached hydrogen (secondary N) is 1. The number of fused-ring (bicyclic) bond motifs is 3. The van der Waals surface area contributed by atoms with Crippen molar-refractivity contribution in [2.45, 2.75) is 44.8 Å². The highest BCUT2D eigenvalue weighted by atomic mass is 19.4. The highest BCUT2D eigenvalue weighted by Gasteiger charge is 2.58. The molecule has 0 aromatic carbocycles. The average molecular weight is 487 g/mol. The smallest absolute Gasteiger partial charge is 0.456 e. The van der Waals surface area contributed by atoms with Gasteiger partial charge in [-0.1, -0.05) is 5.16 Å². The van der Waals surface area contributed by atoms with E-state index in [9.17, 15) is 22.0 Å². The third-order valence-corrected chi connectivity index (χ3v) is 6.38. The normalized spacial score (nSPS) is 23.0. The van der Waals surface area contributed by atoms with Crippen molar-refractivity contribution in [2.75, 3.05) is 29.9 Å². The van der Waals surface area contributed by atoms with Crippen molar-refractivity contribution >= 4 is 17.6 Å². The first-order valence-corrected chi connectivity index (χ1v) is 10.8. The zero-order chi connectivity index (χ0) is 24.3. The van der Waals surface area contributed by atoms with Gasteiger partial charge in [0.2, 0.25) is 5.95 Å². The van der Waals surface area contributed by atoms with Crippen molar-refractivity contribution in [3.8, 4) is 5.75 Å². The summed E-state index contributed by atoms with van der Waals surface area (Å²) in [5.74, 6) is -3.84. The van der Waals surface area contributed by atoms with Gasteiger partial charge in [-0.2, -0.15) is 31.9 Å². The quantitative estimate of drug-likeness (QED) is 0.527. The number of piperidine rings is 1. The summed E-state index contributed by atoms with van der Waals surface area (Å²) in [7, 11) is 0. The Morgan fingerprint density at radius 1 is 1.09 bits per heavy atom. The Morgan fingerprint density at radius 3 is 2.41 bits per heavy atom. The lowest BCUT2D eigenvalue weighted by Crippen LogP contribution is -2.48. The summed E-state index contributed by atoms with van der Waals surface area (Å²) in [6.07, 6.45) is -3.74. The van der Waals surface area contributed by atoms with Gasteiger partial charge < -0.3 is 19.5 Å². The second kappa shape index (κ2) is 7.94. The molecule has 184 valence electrons. The summed E-state index contributed by atoms with van der Waals surface area (Å²) in [4.78, 5) is 10.7. The second-order valence-corrected chi connectivity index (χ2v) is 8.80. The number of halogens is 5. The molecule has 1 aliphatic carbocycles.